The molecule has 0 aromatic heterocycles. The number of hydrogen-bond donors (Lipinski definition) is 1. The van der Waals surface area contributed by atoms with Gasteiger partial charge >= 0.3 is 0 Å². The lowest BCUT2D eigenvalue weighted by Gasteiger charge is -2.25. The van der Waals surface area contributed by atoms with Gasteiger partial charge in [0.05, 0.1) is 31.9 Å². The number of aliphatic hydroxyl groups is 1. The maximum atomic E-state index is 13.0. The number of unbranched alkanes of at least 4 members (excludes halogenated alkanes) is 2. The molecule has 1 saturated heterocycles. The first-order valence-electron chi connectivity index (χ1n) is 11.2. The number of ether oxygens (including phenoxy) is 3. The molecule has 1 amide bonds. The standard InChI is InChI=1S/C26H31NO6/c1-4-5-6-15-33-20-12-10-18(11-13-20)23-22(25(29)26(30)27(23)14-16-31-2)24(28)19-8-7-9-21(17-19)32-3/h7-13,17,23,28H,4-6,14-16H2,1-3H3. The van der Waals surface area contributed by atoms with Gasteiger partial charge in [0.15, 0.2) is 0 Å². The second-order valence-electron chi connectivity index (χ2n) is 7.84. The third-order valence-electron chi connectivity index (χ3n) is 5.63. The minimum absolute atomic E-state index is 0.0426. The highest BCUT2D eigenvalue weighted by Gasteiger charge is 2.45. The fourth-order valence-electron chi connectivity index (χ4n) is 3.86. The number of hydrogen-bond acceptors (Lipinski definition) is 6. The zero-order chi connectivity index (χ0) is 23.8. The summed E-state index contributed by atoms with van der Waals surface area (Å²) in [5, 5.41) is 11.1. The van der Waals surface area contributed by atoms with Crippen molar-refractivity contribution >= 4 is 17.4 Å². The normalized spacial score (nSPS) is 17.4. The molecule has 0 spiro atoms. The van der Waals surface area contributed by atoms with Crippen LogP contribution in [0.2, 0.25) is 0 Å². The van der Waals surface area contributed by atoms with Crippen LogP contribution in [0.4, 0.5) is 0 Å². The van der Waals surface area contributed by atoms with Crippen molar-refractivity contribution < 1.29 is 28.9 Å². The monoisotopic (exact) mass is 453 g/mol. The number of aliphatic hydroxyl groups excluding tert-OH is 1. The third kappa shape index (κ3) is 5.54. The molecular weight excluding hydrogens is 422 g/mol. The minimum Gasteiger partial charge on any atom is -0.507 e. The van der Waals surface area contributed by atoms with E-state index in [9.17, 15) is 14.7 Å². The molecule has 1 fully saturated rings. The van der Waals surface area contributed by atoms with Gasteiger partial charge in [0, 0.05) is 19.2 Å². The molecule has 2 aromatic carbocycles. The molecule has 1 heterocycles. The Hall–Kier alpha value is -3.32. The van der Waals surface area contributed by atoms with Gasteiger partial charge in [-0.25, -0.2) is 0 Å². The van der Waals surface area contributed by atoms with E-state index in [1.807, 2.05) is 24.3 Å². The summed E-state index contributed by atoms with van der Waals surface area (Å²) in [5.74, 6) is -0.375. The van der Waals surface area contributed by atoms with Crippen molar-refractivity contribution in [1.29, 1.82) is 0 Å². The minimum atomic E-state index is -0.736. The quantitative estimate of drug-likeness (QED) is 0.236. The lowest BCUT2D eigenvalue weighted by molar-refractivity contribution is -0.140. The molecule has 1 unspecified atom stereocenters. The summed E-state index contributed by atoms with van der Waals surface area (Å²) in [6.07, 6.45) is 3.21. The van der Waals surface area contributed by atoms with Gasteiger partial charge in [0.2, 0.25) is 0 Å². The lowest BCUT2D eigenvalue weighted by Crippen LogP contribution is -2.32. The molecule has 0 bridgehead atoms. The van der Waals surface area contributed by atoms with E-state index in [2.05, 4.69) is 6.92 Å². The number of amides is 1. The van der Waals surface area contributed by atoms with Crippen LogP contribution in [0, 0.1) is 0 Å². The maximum Gasteiger partial charge on any atom is 0.295 e. The Balaban J connectivity index is 1.99. The van der Waals surface area contributed by atoms with Crippen LogP contribution in [0.5, 0.6) is 11.5 Å². The Labute approximate surface area is 194 Å². The van der Waals surface area contributed by atoms with Crippen molar-refractivity contribution in [2.24, 2.45) is 0 Å². The highest BCUT2D eigenvalue weighted by atomic mass is 16.5. The number of likely N-dealkylation sites (tertiary alicyclic amines) is 1. The third-order valence-corrected chi connectivity index (χ3v) is 5.63. The van der Waals surface area contributed by atoms with E-state index in [-0.39, 0.29) is 24.5 Å². The molecule has 1 N–H and O–H groups in total. The molecule has 0 saturated carbocycles. The molecule has 0 radical (unpaired) electrons. The number of rotatable bonds is 11. The van der Waals surface area contributed by atoms with Crippen LogP contribution in [0.25, 0.3) is 5.76 Å². The van der Waals surface area contributed by atoms with Crippen LogP contribution in [-0.4, -0.2) is 55.7 Å². The van der Waals surface area contributed by atoms with Gasteiger partial charge in [0.1, 0.15) is 17.3 Å². The smallest absolute Gasteiger partial charge is 0.295 e. The van der Waals surface area contributed by atoms with Gasteiger partial charge in [0.25, 0.3) is 11.7 Å². The fourth-order valence-corrected chi connectivity index (χ4v) is 3.86. The summed E-state index contributed by atoms with van der Waals surface area (Å²) in [4.78, 5) is 27.3. The molecule has 0 aliphatic carbocycles. The molecule has 7 nitrogen and oxygen atoms in total. The summed E-state index contributed by atoms with van der Waals surface area (Å²) < 4.78 is 16.2. The van der Waals surface area contributed by atoms with E-state index in [1.165, 1.54) is 19.1 Å². The summed E-state index contributed by atoms with van der Waals surface area (Å²) >= 11 is 0. The average molecular weight is 454 g/mol. The van der Waals surface area contributed by atoms with Gasteiger partial charge in [-0.3, -0.25) is 9.59 Å². The van der Waals surface area contributed by atoms with Crippen molar-refractivity contribution in [2.45, 2.75) is 32.2 Å². The maximum absolute atomic E-state index is 13.0. The van der Waals surface area contributed by atoms with Gasteiger partial charge in [-0.1, -0.05) is 44.0 Å². The van der Waals surface area contributed by atoms with Crippen molar-refractivity contribution in [3.8, 4) is 11.5 Å². The second-order valence-corrected chi connectivity index (χ2v) is 7.84. The van der Waals surface area contributed by atoms with Gasteiger partial charge in [-0.15, -0.1) is 0 Å². The molecule has 1 aliphatic heterocycles. The fraction of sp³-hybridized carbons (Fsp3) is 0.385. The Bertz CT molecular complexity index is 998. The van der Waals surface area contributed by atoms with Crippen LogP contribution < -0.4 is 9.47 Å². The van der Waals surface area contributed by atoms with Crippen molar-refractivity contribution in [1.82, 2.24) is 4.90 Å². The van der Waals surface area contributed by atoms with Crippen LogP contribution in [0.15, 0.2) is 54.1 Å². The number of carbonyl (C=O) groups is 2. The SMILES string of the molecule is CCCCCOc1ccc(C2C(=C(O)c3cccc(OC)c3)C(=O)C(=O)N2CCOC)cc1. The molecular formula is C26H31NO6. The largest absolute Gasteiger partial charge is 0.507 e. The van der Waals surface area contributed by atoms with E-state index < -0.39 is 17.7 Å². The number of carbonyl (C=O) groups excluding carboxylic acids is 2. The average Bonchev–Trinajstić information content (AvgIpc) is 3.10. The van der Waals surface area contributed by atoms with Crippen molar-refractivity contribution in [3.05, 3.63) is 65.2 Å². The second kappa shape index (κ2) is 11.5. The molecule has 2 aromatic rings. The summed E-state index contributed by atoms with van der Waals surface area (Å²) in [6, 6.07) is 13.3. The topological polar surface area (TPSA) is 85.3 Å². The molecule has 33 heavy (non-hydrogen) atoms. The summed E-state index contributed by atoms with van der Waals surface area (Å²) in [5.41, 5.74) is 1.15. The van der Waals surface area contributed by atoms with Crippen LogP contribution >= 0.6 is 0 Å². The van der Waals surface area contributed by atoms with Gasteiger partial charge in [-0.05, 0) is 36.2 Å². The lowest BCUT2D eigenvalue weighted by atomic mass is 9.95. The Morgan fingerprint density at radius 3 is 2.42 bits per heavy atom. The highest BCUT2D eigenvalue weighted by molar-refractivity contribution is 6.46. The van der Waals surface area contributed by atoms with Gasteiger partial charge in [-0.2, -0.15) is 0 Å². The van der Waals surface area contributed by atoms with Crippen LogP contribution in [0.3, 0.4) is 0 Å². The van der Waals surface area contributed by atoms with E-state index in [0.717, 1.165) is 25.0 Å². The molecule has 3 rings (SSSR count). The van der Waals surface area contributed by atoms with Crippen LogP contribution in [-0.2, 0) is 14.3 Å². The van der Waals surface area contributed by atoms with E-state index >= 15 is 0 Å². The Morgan fingerprint density at radius 1 is 1.00 bits per heavy atom. The highest BCUT2D eigenvalue weighted by Crippen LogP contribution is 2.40. The van der Waals surface area contributed by atoms with E-state index in [0.29, 0.717) is 23.5 Å². The van der Waals surface area contributed by atoms with Crippen molar-refractivity contribution in [3.63, 3.8) is 0 Å². The van der Waals surface area contributed by atoms with Gasteiger partial charge < -0.3 is 24.2 Å². The van der Waals surface area contributed by atoms with Crippen molar-refractivity contribution in [2.75, 3.05) is 34.0 Å². The van der Waals surface area contributed by atoms with Crippen LogP contribution in [0.1, 0.15) is 43.4 Å². The Morgan fingerprint density at radius 2 is 1.76 bits per heavy atom. The first-order valence-corrected chi connectivity index (χ1v) is 11.2. The molecule has 176 valence electrons. The zero-order valence-corrected chi connectivity index (χ0v) is 19.4. The van der Waals surface area contributed by atoms with E-state index in [1.54, 1.807) is 24.3 Å². The molecule has 7 heteroatoms. The number of ketones is 1. The number of benzene rings is 2. The summed E-state index contributed by atoms with van der Waals surface area (Å²) in [6.45, 7) is 3.26. The van der Waals surface area contributed by atoms with E-state index in [4.69, 9.17) is 14.2 Å². The number of nitrogens with zero attached hydrogens (tertiary/aromatic N) is 1. The first-order chi connectivity index (χ1) is 16.0. The zero-order valence-electron chi connectivity index (χ0n) is 19.4. The first kappa shape index (κ1) is 24.3. The summed E-state index contributed by atoms with van der Waals surface area (Å²) in [7, 11) is 3.06. The predicted octanol–water partition coefficient (Wildman–Crippen LogP) is 4.33. The molecule has 1 aliphatic rings. The Kier molecular flexibility index (Phi) is 8.49. The number of Topliss-reactive ketones (excluding diaryl/α,β-unsaturated/α-hetero) is 1. The molecule has 1 atom stereocenters. The number of methoxy groups -OCH3 is 2. The predicted molar refractivity (Wildman–Crippen MR) is 125 cm³/mol.